The van der Waals surface area contributed by atoms with Crippen LogP contribution in [-0.2, 0) is 4.74 Å². The molecule has 0 aromatic rings. The number of alkyl carbamates (subject to hydrolysis) is 1. The third-order valence-electron chi connectivity index (χ3n) is 3.30. The van der Waals surface area contributed by atoms with Crippen molar-refractivity contribution in [2.45, 2.75) is 57.4 Å². The molecule has 4 heteroatoms. The molecule has 1 saturated carbocycles. The molecule has 1 amide bonds. The predicted molar refractivity (Wildman–Crippen MR) is 64.3 cm³/mol. The fourth-order valence-electron chi connectivity index (χ4n) is 2.17. The van der Waals surface area contributed by atoms with Gasteiger partial charge < -0.3 is 15.8 Å². The third kappa shape index (κ3) is 4.00. The minimum absolute atomic E-state index is 0.207. The molecule has 0 bridgehead atoms. The molecule has 1 rings (SSSR count). The van der Waals surface area contributed by atoms with Crippen LogP contribution in [0.1, 0.15) is 51.9 Å². The molecule has 0 spiro atoms. The first-order valence-corrected chi connectivity index (χ1v) is 6.37. The number of nitrogens with one attached hydrogen (secondary N) is 1. The predicted octanol–water partition coefficient (Wildman–Crippen LogP) is 2.17. The van der Waals surface area contributed by atoms with Crippen molar-refractivity contribution in [3.63, 3.8) is 0 Å². The lowest BCUT2D eigenvalue weighted by atomic mass is 9.82. The van der Waals surface area contributed by atoms with Gasteiger partial charge in [-0.05, 0) is 19.3 Å². The minimum atomic E-state index is -0.305. The summed E-state index contributed by atoms with van der Waals surface area (Å²) in [7, 11) is 0. The molecule has 1 aliphatic rings. The van der Waals surface area contributed by atoms with Crippen LogP contribution in [0.4, 0.5) is 4.79 Å². The van der Waals surface area contributed by atoms with Gasteiger partial charge in [0.1, 0.15) is 0 Å². The summed E-state index contributed by atoms with van der Waals surface area (Å²) < 4.78 is 5.11. The number of hydrogen-bond acceptors (Lipinski definition) is 3. The number of carbonyl (C=O) groups excluding carboxylic acids is 1. The lowest BCUT2D eigenvalue weighted by Crippen LogP contribution is -2.54. The van der Waals surface area contributed by atoms with Crippen molar-refractivity contribution >= 4 is 6.09 Å². The minimum Gasteiger partial charge on any atom is -0.450 e. The Hall–Kier alpha value is -0.770. The summed E-state index contributed by atoms with van der Waals surface area (Å²) in [6.45, 7) is 3.09. The van der Waals surface area contributed by atoms with Gasteiger partial charge in [0.05, 0.1) is 12.1 Å². The Morgan fingerprint density at radius 1 is 1.38 bits per heavy atom. The quantitative estimate of drug-likeness (QED) is 0.709. The summed E-state index contributed by atoms with van der Waals surface area (Å²) in [5.74, 6) is 0. The van der Waals surface area contributed by atoms with Crippen LogP contribution in [0, 0.1) is 0 Å². The number of rotatable bonds is 5. The Balaban J connectivity index is 2.33. The van der Waals surface area contributed by atoms with Gasteiger partial charge in [-0.2, -0.15) is 0 Å². The molecule has 3 N–H and O–H groups in total. The van der Waals surface area contributed by atoms with E-state index >= 15 is 0 Å². The van der Waals surface area contributed by atoms with Crippen molar-refractivity contribution in [2.24, 2.45) is 5.73 Å². The molecule has 0 aromatic heterocycles. The van der Waals surface area contributed by atoms with Gasteiger partial charge in [0.2, 0.25) is 0 Å². The van der Waals surface area contributed by atoms with Gasteiger partial charge in [0.15, 0.2) is 0 Å². The summed E-state index contributed by atoms with van der Waals surface area (Å²) in [5, 5.41) is 2.95. The second kappa shape index (κ2) is 6.74. The normalized spacial score (nSPS) is 19.1. The summed E-state index contributed by atoms with van der Waals surface area (Å²) in [6, 6.07) is 0. The van der Waals surface area contributed by atoms with E-state index in [0.29, 0.717) is 13.2 Å². The zero-order valence-corrected chi connectivity index (χ0v) is 10.3. The fourth-order valence-corrected chi connectivity index (χ4v) is 2.17. The average Bonchev–Trinajstić information content (AvgIpc) is 2.30. The molecule has 94 valence electrons. The monoisotopic (exact) mass is 228 g/mol. The van der Waals surface area contributed by atoms with Crippen molar-refractivity contribution in [1.82, 2.24) is 5.32 Å². The van der Waals surface area contributed by atoms with Gasteiger partial charge in [0.25, 0.3) is 0 Å². The molecule has 4 nitrogen and oxygen atoms in total. The van der Waals surface area contributed by atoms with Crippen molar-refractivity contribution in [1.29, 1.82) is 0 Å². The molecular formula is C12H24N2O2. The Morgan fingerprint density at radius 3 is 2.62 bits per heavy atom. The van der Waals surface area contributed by atoms with E-state index in [-0.39, 0.29) is 11.6 Å². The lowest BCUT2D eigenvalue weighted by Gasteiger charge is -2.36. The molecular weight excluding hydrogens is 204 g/mol. The first-order valence-electron chi connectivity index (χ1n) is 6.37. The van der Waals surface area contributed by atoms with Crippen LogP contribution in [0.3, 0.4) is 0 Å². The van der Waals surface area contributed by atoms with Gasteiger partial charge in [-0.25, -0.2) is 4.79 Å². The molecule has 0 atom stereocenters. The van der Waals surface area contributed by atoms with Gasteiger partial charge in [-0.3, -0.25) is 0 Å². The van der Waals surface area contributed by atoms with Crippen LogP contribution in [0.2, 0.25) is 0 Å². The number of hydrogen-bond donors (Lipinski definition) is 2. The standard InChI is InChI=1S/C12H24N2O2/c1-2-3-9-16-11(15)14-12(10-13)7-5-4-6-8-12/h2-10,13H2,1H3,(H,14,15). The summed E-state index contributed by atoms with van der Waals surface area (Å²) in [6.07, 6.45) is 7.14. The molecule has 1 aliphatic carbocycles. The maximum atomic E-state index is 11.6. The maximum absolute atomic E-state index is 11.6. The second-order valence-electron chi connectivity index (χ2n) is 4.66. The van der Waals surface area contributed by atoms with Crippen LogP contribution in [0.25, 0.3) is 0 Å². The largest absolute Gasteiger partial charge is 0.450 e. The SMILES string of the molecule is CCCCOC(=O)NC1(CN)CCCCC1. The van der Waals surface area contributed by atoms with E-state index in [1.54, 1.807) is 0 Å². The lowest BCUT2D eigenvalue weighted by molar-refractivity contribution is 0.123. The zero-order valence-electron chi connectivity index (χ0n) is 10.3. The second-order valence-corrected chi connectivity index (χ2v) is 4.66. The Kier molecular flexibility index (Phi) is 5.60. The van der Waals surface area contributed by atoms with E-state index in [4.69, 9.17) is 10.5 Å². The van der Waals surface area contributed by atoms with Crippen molar-refractivity contribution in [2.75, 3.05) is 13.2 Å². The molecule has 0 saturated heterocycles. The highest BCUT2D eigenvalue weighted by Gasteiger charge is 2.32. The van der Waals surface area contributed by atoms with E-state index in [0.717, 1.165) is 38.5 Å². The first-order chi connectivity index (χ1) is 7.72. The summed E-state index contributed by atoms with van der Waals surface area (Å²) in [4.78, 5) is 11.6. The molecule has 0 aliphatic heterocycles. The summed E-state index contributed by atoms with van der Waals surface area (Å²) in [5.41, 5.74) is 5.56. The Morgan fingerprint density at radius 2 is 2.06 bits per heavy atom. The molecule has 1 fully saturated rings. The van der Waals surface area contributed by atoms with Crippen molar-refractivity contribution < 1.29 is 9.53 Å². The number of unbranched alkanes of at least 4 members (excludes halogenated alkanes) is 1. The third-order valence-corrected chi connectivity index (χ3v) is 3.30. The van der Waals surface area contributed by atoms with Crippen molar-refractivity contribution in [3.05, 3.63) is 0 Å². The van der Waals surface area contributed by atoms with E-state index in [9.17, 15) is 4.79 Å². The number of ether oxygens (including phenoxy) is 1. The zero-order chi connectivity index (χ0) is 11.9. The maximum Gasteiger partial charge on any atom is 0.407 e. The van der Waals surface area contributed by atoms with Gasteiger partial charge in [-0.15, -0.1) is 0 Å². The van der Waals surface area contributed by atoms with Gasteiger partial charge >= 0.3 is 6.09 Å². The molecule has 0 radical (unpaired) electrons. The molecule has 0 aromatic carbocycles. The van der Waals surface area contributed by atoms with Crippen LogP contribution < -0.4 is 11.1 Å². The van der Waals surface area contributed by atoms with E-state index < -0.39 is 0 Å². The van der Waals surface area contributed by atoms with E-state index in [1.807, 2.05) is 0 Å². The molecule has 16 heavy (non-hydrogen) atoms. The average molecular weight is 228 g/mol. The van der Waals surface area contributed by atoms with Crippen LogP contribution in [0.15, 0.2) is 0 Å². The highest BCUT2D eigenvalue weighted by Crippen LogP contribution is 2.27. The van der Waals surface area contributed by atoms with Crippen LogP contribution in [0.5, 0.6) is 0 Å². The van der Waals surface area contributed by atoms with Crippen LogP contribution in [-0.4, -0.2) is 24.8 Å². The number of nitrogens with two attached hydrogens (primary N) is 1. The van der Waals surface area contributed by atoms with Gasteiger partial charge in [-0.1, -0.05) is 32.6 Å². The van der Waals surface area contributed by atoms with Crippen molar-refractivity contribution in [3.8, 4) is 0 Å². The molecule has 0 unspecified atom stereocenters. The topological polar surface area (TPSA) is 64.3 Å². The summed E-state index contributed by atoms with van der Waals surface area (Å²) >= 11 is 0. The Labute approximate surface area is 97.9 Å². The van der Waals surface area contributed by atoms with E-state index in [1.165, 1.54) is 6.42 Å². The van der Waals surface area contributed by atoms with E-state index in [2.05, 4.69) is 12.2 Å². The first kappa shape index (κ1) is 13.3. The Bertz CT molecular complexity index is 213. The fraction of sp³-hybridized carbons (Fsp3) is 0.917. The van der Waals surface area contributed by atoms with Crippen LogP contribution >= 0.6 is 0 Å². The van der Waals surface area contributed by atoms with Gasteiger partial charge in [0, 0.05) is 6.54 Å². The number of carbonyl (C=O) groups is 1. The highest BCUT2D eigenvalue weighted by atomic mass is 16.5. The number of amides is 1. The molecule has 0 heterocycles. The highest BCUT2D eigenvalue weighted by molar-refractivity contribution is 5.68. The smallest absolute Gasteiger partial charge is 0.407 e.